The third-order valence-electron chi connectivity index (χ3n) is 6.61. The number of ether oxygens (including phenoxy) is 1. The van der Waals surface area contributed by atoms with E-state index in [0.29, 0.717) is 55.6 Å². The number of carbonyl (C=O) groups excluding carboxylic acids is 2. The van der Waals surface area contributed by atoms with Crippen LogP contribution in [0, 0.1) is 13.8 Å². The Morgan fingerprint density at radius 1 is 1.06 bits per heavy atom. The van der Waals surface area contributed by atoms with Crippen LogP contribution in [0.5, 0.6) is 0 Å². The lowest BCUT2D eigenvalue weighted by molar-refractivity contribution is 0.0301. The van der Waals surface area contributed by atoms with Gasteiger partial charge >= 0.3 is 0 Å². The van der Waals surface area contributed by atoms with E-state index in [-0.39, 0.29) is 17.7 Å². The molecule has 1 N–H and O–H groups in total. The van der Waals surface area contributed by atoms with E-state index in [4.69, 9.17) is 4.74 Å². The molecule has 2 aliphatic heterocycles. The largest absolute Gasteiger partial charge is 0.378 e. The first kappa shape index (κ1) is 21.6. The zero-order valence-electron chi connectivity index (χ0n) is 19.1. The molecule has 172 valence electrons. The zero-order valence-corrected chi connectivity index (χ0v) is 19.1. The Morgan fingerprint density at radius 3 is 2.67 bits per heavy atom. The highest BCUT2D eigenvalue weighted by molar-refractivity contribution is 5.98. The summed E-state index contributed by atoms with van der Waals surface area (Å²) in [6.45, 7) is 7.49. The number of nitrogens with one attached hydrogen (secondary N) is 1. The minimum Gasteiger partial charge on any atom is -0.378 e. The normalized spacial score (nSPS) is 19.2. The average Bonchev–Trinajstić information content (AvgIpc) is 3.27. The van der Waals surface area contributed by atoms with Crippen molar-refractivity contribution in [3.63, 3.8) is 0 Å². The average molecular weight is 448 g/mol. The van der Waals surface area contributed by atoms with Gasteiger partial charge in [-0.05, 0) is 44.4 Å². The van der Waals surface area contributed by atoms with Gasteiger partial charge in [-0.15, -0.1) is 0 Å². The predicted octanol–water partition coefficient (Wildman–Crippen LogP) is 3.07. The van der Waals surface area contributed by atoms with Gasteiger partial charge in [-0.3, -0.25) is 9.59 Å². The van der Waals surface area contributed by atoms with E-state index < -0.39 is 0 Å². The molecule has 2 fully saturated rings. The zero-order chi connectivity index (χ0) is 22.9. The van der Waals surface area contributed by atoms with E-state index in [1.807, 2.05) is 30.9 Å². The first-order chi connectivity index (χ1) is 16.0. The maximum atomic E-state index is 13.2. The van der Waals surface area contributed by atoms with Crippen molar-refractivity contribution in [3.05, 3.63) is 58.8 Å². The topological polar surface area (TPSA) is 91.4 Å². The number of hydrogen-bond acceptors (Lipinski definition) is 5. The second-order valence-corrected chi connectivity index (χ2v) is 9.00. The molecule has 0 saturated carbocycles. The summed E-state index contributed by atoms with van der Waals surface area (Å²) in [6.07, 6.45) is 3.47. The number of carbonyl (C=O) groups is 2. The number of piperidine rings is 1. The molecule has 2 aliphatic rings. The smallest absolute Gasteiger partial charge is 0.270 e. The highest BCUT2D eigenvalue weighted by Crippen LogP contribution is 2.27. The van der Waals surface area contributed by atoms with Gasteiger partial charge in [0, 0.05) is 49.2 Å². The highest BCUT2D eigenvalue weighted by atomic mass is 16.5. The Morgan fingerprint density at radius 2 is 1.88 bits per heavy atom. The lowest BCUT2D eigenvalue weighted by Crippen LogP contribution is -2.41. The van der Waals surface area contributed by atoms with Crippen molar-refractivity contribution in [2.24, 2.45) is 0 Å². The van der Waals surface area contributed by atoms with Crippen molar-refractivity contribution in [3.8, 4) is 0 Å². The van der Waals surface area contributed by atoms with Gasteiger partial charge in [-0.2, -0.15) is 0 Å². The quantitative estimate of drug-likeness (QED) is 0.666. The van der Waals surface area contributed by atoms with Gasteiger partial charge in [0.1, 0.15) is 11.5 Å². The van der Waals surface area contributed by atoms with Crippen LogP contribution in [-0.4, -0.2) is 76.0 Å². The number of morpholine rings is 1. The third-order valence-corrected chi connectivity index (χ3v) is 6.61. The Hall–Kier alpha value is -3.26. The van der Waals surface area contributed by atoms with E-state index in [1.165, 1.54) is 0 Å². The van der Waals surface area contributed by atoms with Crippen LogP contribution in [0.3, 0.4) is 0 Å². The van der Waals surface area contributed by atoms with Crippen molar-refractivity contribution < 1.29 is 14.3 Å². The Bertz CT molecular complexity index is 1200. The number of amides is 2. The molecular weight excluding hydrogens is 418 g/mol. The molecule has 2 aromatic heterocycles. The molecule has 3 aromatic rings. The number of aryl methyl sites for hydroxylation is 2. The lowest BCUT2D eigenvalue weighted by Gasteiger charge is -2.32. The van der Waals surface area contributed by atoms with Crippen LogP contribution in [-0.2, 0) is 4.74 Å². The predicted molar refractivity (Wildman–Crippen MR) is 124 cm³/mol. The van der Waals surface area contributed by atoms with Crippen LogP contribution in [0.25, 0.3) is 10.9 Å². The standard InChI is InChI=1S/C25H29N5O3/c1-16-5-6-18-13-22(28-21(18)12-16)25(32)30-7-3-4-19(15-30)23-26-14-20(17(2)27-23)24(31)29-8-10-33-11-9-29/h5-6,12-14,19,28H,3-4,7-11,15H2,1-2H3/t19-/m1/s1. The number of likely N-dealkylation sites (tertiary alicyclic amines) is 1. The summed E-state index contributed by atoms with van der Waals surface area (Å²) in [6, 6.07) is 8.07. The molecule has 0 aliphatic carbocycles. The number of aromatic nitrogens is 3. The maximum absolute atomic E-state index is 13.2. The summed E-state index contributed by atoms with van der Waals surface area (Å²) in [5, 5.41) is 1.04. The number of aromatic amines is 1. The molecular formula is C25H29N5O3. The number of benzene rings is 1. The minimum absolute atomic E-state index is 0.00407. The van der Waals surface area contributed by atoms with Crippen LogP contribution in [0.4, 0.5) is 0 Å². The Balaban J connectivity index is 1.31. The van der Waals surface area contributed by atoms with E-state index >= 15 is 0 Å². The van der Waals surface area contributed by atoms with Gasteiger partial charge in [0.2, 0.25) is 0 Å². The number of hydrogen-bond donors (Lipinski definition) is 1. The van der Waals surface area contributed by atoms with Crippen LogP contribution in [0.2, 0.25) is 0 Å². The number of fused-ring (bicyclic) bond motifs is 1. The van der Waals surface area contributed by atoms with Gasteiger partial charge in [-0.1, -0.05) is 12.1 Å². The molecule has 2 saturated heterocycles. The van der Waals surface area contributed by atoms with Crippen LogP contribution in [0.1, 0.15) is 56.7 Å². The number of H-pyrrole nitrogens is 1. The van der Waals surface area contributed by atoms with Crippen molar-refractivity contribution in [1.82, 2.24) is 24.8 Å². The molecule has 0 radical (unpaired) electrons. The summed E-state index contributed by atoms with van der Waals surface area (Å²) in [5.41, 5.74) is 3.97. The summed E-state index contributed by atoms with van der Waals surface area (Å²) < 4.78 is 5.34. The Labute approximate surface area is 193 Å². The molecule has 0 bridgehead atoms. The first-order valence-electron chi connectivity index (χ1n) is 11.6. The van der Waals surface area contributed by atoms with Gasteiger partial charge in [0.25, 0.3) is 11.8 Å². The van der Waals surface area contributed by atoms with Crippen LogP contribution < -0.4 is 0 Å². The number of nitrogens with zero attached hydrogens (tertiary/aromatic N) is 4. The first-order valence-corrected chi connectivity index (χ1v) is 11.6. The number of rotatable bonds is 3. The molecule has 1 aromatic carbocycles. The summed E-state index contributed by atoms with van der Waals surface area (Å²) in [7, 11) is 0. The van der Waals surface area contributed by atoms with E-state index in [9.17, 15) is 9.59 Å². The van der Waals surface area contributed by atoms with Crippen molar-refractivity contribution in [1.29, 1.82) is 0 Å². The fourth-order valence-corrected chi connectivity index (χ4v) is 4.73. The molecule has 5 rings (SSSR count). The Kier molecular flexibility index (Phi) is 5.85. The molecule has 0 spiro atoms. The van der Waals surface area contributed by atoms with E-state index in [2.05, 4.69) is 27.1 Å². The fourth-order valence-electron chi connectivity index (χ4n) is 4.73. The second kappa shape index (κ2) is 8.94. The minimum atomic E-state index is -0.0446. The van der Waals surface area contributed by atoms with Crippen LogP contribution >= 0.6 is 0 Å². The van der Waals surface area contributed by atoms with Gasteiger partial charge in [0.15, 0.2) is 0 Å². The summed E-state index contributed by atoms with van der Waals surface area (Å²) in [4.78, 5) is 42.2. The molecule has 8 heteroatoms. The SMILES string of the molecule is Cc1ccc2cc(C(=O)N3CCC[C@@H](c4ncc(C(=O)N5CCOCC5)c(C)n4)C3)[nH]c2c1. The van der Waals surface area contributed by atoms with Crippen molar-refractivity contribution in [2.75, 3.05) is 39.4 Å². The molecule has 33 heavy (non-hydrogen) atoms. The molecule has 0 unspecified atom stereocenters. The molecule has 8 nitrogen and oxygen atoms in total. The van der Waals surface area contributed by atoms with E-state index in [1.54, 1.807) is 11.1 Å². The monoisotopic (exact) mass is 447 g/mol. The fraction of sp³-hybridized carbons (Fsp3) is 0.440. The third kappa shape index (κ3) is 4.35. The van der Waals surface area contributed by atoms with E-state index in [0.717, 1.165) is 35.9 Å². The van der Waals surface area contributed by atoms with Gasteiger partial charge in [-0.25, -0.2) is 9.97 Å². The van der Waals surface area contributed by atoms with Crippen LogP contribution in [0.15, 0.2) is 30.5 Å². The van der Waals surface area contributed by atoms with Gasteiger partial charge in [0.05, 0.1) is 24.5 Å². The second-order valence-electron chi connectivity index (χ2n) is 9.00. The van der Waals surface area contributed by atoms with Crippen molar-refractivity contribution in [2.45, 2.75) is 32.6 Å². The molecule has 4 heterocycles. The molecule has 2 amide bonds. The highest BCUT2D eigenvalue weighted by Gasteiger charge is 2.29. The molecule has 1 atom stereocenters. The van der Waals surface area contributed by atoms with Crippen molar-refractivity contribution >= 4 is 22.7 Å². The van der Waals surface area contributed by atoms with Gasteiger partial charge < -0.3 is 19.5 Å². The maximum Gasteiger partial charge on any atom is 0.270 e. The summed E-state index contributed by atoms with van der Waals surface area (Å²) >= 11 is 0. The lowest BCUT2D eigenvalue weighted by atomic mass is 9.96. The summed E-state index contributed by atoms with van der Waals surface area (Å²) in [5.74, 6) is 0.720.